The van der Waals surface area contributed by atoms with Gasteiger partial charge in [0, 0.05) is 17.6 Å². The van der Waals surface area contributed by atoms with E-state index in [1.165, 1.54) is 11.2 Å². The summed E-state index contributed by atoms with van der Waals surface area (Å²) in [6, 6.07) is 3.67. The topological polar surface area (TPSA) is 102 Å². The number of rotatable bonds is 2. The molecule has 9 nitrogen and oxygen atoms in total. The van der Waals surface area contributed by atoms with E-state index in [0.717, 1.165) is 10.0 Å². The molecule has 1 fully saturated rings. The summed E-state index contributed by atoms with van der Waals surface area (Å²) < 4.78 is 36.9. The Morgan fingerprint density at radius 1 is 1.24 bits per heavy atom. The number of anilines is 3. The molecule has 2 aliphatic rings. The molecule has 1 aromatic heterocycles. The lowest BCUT2D eigenvalue weighted by atomic mass is 10.1. The van der Waals surface area contributed by atoms with Crippen LogP contribution in [0, 0.1) is 6.92 Å². The first-order valence-electron chi connectivity index (χ1n) is 10.8. The molecule has 0 N–H and O–H groups in total. The summed E-state index contributed by atoms with van der Waals surface area (Å²) in [4.78, 5) is 25.8. The Morgan fingerprint density at radius 2 is 1.88 bits per heavy atom. The molecule has 1 atom stereocenters. The van der Waals surface area contributed by atoms with Crippen LogP contribution in [-0.2, 0) is 14.6 Å². The monoisotopic (exact) mass is 550 g/mol. The van der Waals surface area contributed by atoms with Gasteiger partial charge in [-0.05, 0) is 51.5 Å². The predicted octanol–water partition coefficient (Wildman–Crippen LogP) is 4.48. The van der Waals surface area contributed by atoms with Crippen LogP contribution in [0.1, 0.15) is 38.0 Å². The molecule has 0 spiro atoms. The highest BCUT2D eigenvalue weighted by Gasteiger charge is 2.38. The molecule has 3 heterocycles. The summed E-state index contributed by atoms with van der Waals surface area (Å²) in [7, 11) is -3.10. The molecule has 0 unspecified atom stereocenters. The minimum absolute atomic E-state index is 0.0213. The number of carbonyl (C=O) groups excluding carboxylic acids is 1. The Morgan fingerprint density at radius 3 is 2.50 bits per heavy atom. The van der Waals surface area contributed by atoms with Crippen molar-refractivity contribution in [3.63, 3.8) is 0 Å². The average Bonchev–Trinajstić information content (AvgIpc) is 2.87. The Balaban J connectivity index is 1.94. The summed E-state index contributed by atoms with van der Waals surface area (Å²) in [6.45, 7) is 11.8. The van der Waals surface area contributed by atoms with Gasteiger partial charge in [0.25, 0.3) is 0 Å². The SMILES string of the molecule is C=C[C@@H]1Oc2c(C)cc(Br)cc2N(C(=O)OC(C)(C)C)c2ncnc(N3CCS(=O)(=O)CC3)c21. The van der Waals surface area contributed by atoms with Gasteiger partial charge in [-0.1, -0.05) is 22.5 Å². The third-order valence-electron chi connectivity index (χ3n) is 5.48. The maximum atomic E-state index is 13.5. The van der Waals surface area contributed by atoms with Crippen LogP contribution in [0.4, 0.5) is 22.1 Å². The second-order valence-electron chi connectivity index (χ2n) is 9.23. The Labute approximate surface area is 207 Å². The second kappa shape index (κ2) is 8.84. The van der Waals surface area contributed by atoms with E-state index >= 15 is 0 Å². The average molecular weight is 551 g/mol. The van der Waals surface area contributed by atoms with Crippen molar-refractivity contribution < 1.29 is 22.7 Å². The summed E-state index contributed by atoms with van der Waals surface area (Å²) in [5.41, 5.74) is 1.05. The van der Waals surface area contributed by atoms with Gasteiger partial charge in [-0.2, -0.15) is 0 Å². The van der Waals surface area contributed by atoms with E-state index in [1.54, 1.807) is 32.9 Å². The number of benzene rings is 1. The number of hydrogen-bond acceptors (Lipinski definition) is 8. The number of sulfone groups is 1. The van der Waals surface area contributed by atoms with Crippen LogP contribution in [0.5, 0.6) is 5.75 Å². The van der Waals surface area contributed by atoms with Crippen LogP contribution in [0.15, 0.2) is 35.6 Å². The molecule has 1 saturated heterocycles. The van der Waals surface area contributed by atoms with E-state index in [1.807, 2.05) is 17.9 Å². The smallest absolute Gasteiger partial charge is 0.420 e. The number of amides is 1. The molecular formula is C23H27BrN4O5S. The van der Waals surface area contributed by atoms with Gasteiger partial charge in [-0.15, -0.1) is 0 Å². The summed E-state index contributed by atoms with van der Waals surface area (Å²) in [5.74, 6) is 1.34. The Kier molecular flexibility index (Phi) is 6.36. The van der Waals surface area contributed by atoms with E-state index in [0.29, 0.717) is 28.6 Å². The van der Waals surface area contributed by atoms with Gasteiger partial charge >= 0.3 is 6.09 Å². The second-order valence-corrected chi connectivity index (χ2v) is 12.5. The maximum absolute atomic E-state index is 13.5. The maximum Gasteiger partial charge on any atom is 0.420 e. The molecule has 0 saturated carbocycles. The van der Waals surface area contributed by atoms with Crippen LogP contribution in [0.25, 0.3) is 0 Å². The lowest BCUT2D eigenvalue weighted by molar-refractivity contribution is 0.0598. The summed E-state index contributed by atoms with van der Waals surface area (Å²) >= 11 is 3.51. The fourth-order valence-corrected chi connectivity index (χ4v) is 5.74. The van der Waals surface area contributed by atoms with Crippen LogP contribution >= 0.6 is 15.9 Å². The van der Waals surface area contributed by atoms with Crippen LogP contribution in [0.3, 0.4) is 0 Å². The summed E-state index contributed by atoms with van der Waals surface area (Å²) in [6.07, 6.45) is 1.68. The van der Waals surface area contributed by atoms with E-state index < -0.39 is 27.6 Å². The lowest BCUT2D eigenvalue weighted by Crippen LogP contribution is -2.41. The predicted molar refractivity (Wildman–Crippen MR) is 134 cm³/mol. The number of nitrogens with zero attached hydrogens (tertiary/aromatic N) is 4. The largest absolute Gasteiger partial charge is 0.479 e. The fraction of sp³-hybridized carbons (Fsp3) is 0.435. The lowest BCUT2D eigenvalue weighted by Gasteiger charge is -2.31. The van der Waals surface area contributed by atoms with Crippen molar-refractivity contribution in [2.24, 2.45) is 0 Å². The first-order chi connectivity index (χ1) is 15.9. The number of aromatic nitrogens is 2. The van der Waals surface area contributed by atoms with Crippen LogP contribution in [0.2, 0.25) is 0 Å². The van der Waals surface area contributed by atoms with Crippen molar-refractivity contribution in [1.29, 1.82) is 0 Å². The highest BCUT2D eigenvalue weighted by molar-refractivity contribution is 9.10. The van der Waals surface area contributed by atoms with E-state index in [2.05, 4.69) is 32.5 Å². The van der Waals surface area contributed by atoms with Crippen molar-refractivity contribution in [2.45, 2.75) is 39.4 Å². The molecule has 1 aromatic carbocycles. The Hall–Kier alpha value is -2.66. The molecule has 4 rings (SSSR count). The minimum Gasteiger partial charge on any atom is -0.479 e. The number of ether oxygens (including phenoxy) is 2. The molecule has 1 amide bonds. The highest BCUT2D eigenvalue weighted by Crippen LogP contribution is 2.48. The van der Waals surface area contributed by atoms with Crippen molar-refractivity contribution in [3.8, 4) is 5.75 Å². The zero-order valence-electron chi connectivity index (χ0n) is 19.5. The Bertz CT molecular complexity index is 1240. The standard InChI is InChI=1S/C23H27BrN4O5S/c1-6-17-18-20(27-7-9-34(30,31)10-8-27)25-13-26-21(18)28(22(29)33-23(3,4)5)16-12-15(24)11-14(2)19(16)32-17/h6,11-13,17H,1,7-10H2,2-5H3/t17-/m0/s1. The van der Waals surface area contributed by atoms with Gasteiger partial charge in [0.1, 0.15) is 29.6 Å². The van der Waals surface area contributed by atoms with Crippen molar-refractivity contribution in [3.05, 3.63) is 46.7 Å². The molecule has 182 valence electrons. The first-order valence-corrected chi connectivity index (χ1v) is 13.4. The van der Waals surface area contributed by atoms with Gasteiger partial charge < -0.3 is 14.4 Å². The molecule has 34 heavy (non-hydrogen) atoms. The molecule has 2 aromatic rings. The highest BCUT2D eigenvalue weighted by atomic mass is 79.9. The fourth-order valence-electron chi connectivity index (χ4n) is 3.98. The third kappa shape index (κ3) is 4.76. The van der Waals surface area contributed by atoms with Crippen LogP contribution in [-0.4, -0.2) is 54.7 Å². The summed E-state index contributed by atoms with van der Waals surface area (Å²) in [5, 5.41) is 0. The number of carbonyl (C=O) groups is 1. The molecule has 0 bridgehead atoms. The van der Waals surface area contributed by atoms with Crippen molar-refractivity contribution >= 4 is 49.2 Å². The molecule has 11 heteroatoms. The van der Waals surface area contributed by atoms with Crippen molar-refractivity contribution in [1.82, 2.24) is 9.97 Å². The molecule has 2 aliphatic heterocycles. The van der Waals surface area contributed by atoms with Gasteiger partial charge in [0.2, 0.25) is 0 Å². The van der Waals surface area contributed by atoms with E-state index in [-0.39, 0.29) is 24.6 Å². The molecule has 0 aliphatic carbocycles. The quantitative estimate of drug-likeness (QED) is 0.504. The molecule has 0 radical (unpaired) electrons. The van der Waals surface area contributed by atoms with E-state index in [9.17, 15) is 13.2 Å². The normalized spacial score (nSPS) is 19.4. The first kappa shape index (κ1) is 24.5. The number of hydrogen-bond donors (Lipinski definition) is 0. The third-order valence-corrected chi connectivity index (χ3v) is 7.54. The molecular weight excluding hydrogens is 524 g/mol. The number of fused-ring (bicyclic) bond motifs is 2. The zero-order valence-corrected chi connectivity index (χ0v) is 21.9. The zero-order chi connectivity index (χ0) is 24.8. The van der Waals surface area contributed by atoms with Gasteiger partial charge in [0.15, 0.2) is 15.7 Å². The van der Waals surface area contributed by atoms with Gasteiger partial charge in [0.05, 0.1) is 22.8 Å². The van der Waals surface area contributed by atoms with Gasteiger partial charge in [-0.25, -0.2) is 28.1 Å². The van der Waals surface area contributed by atoms with Crippen molar-refractivity contribution in [2.75, 3.05) is 34.4 Å². The minimum atomic E-state index is -3.10. The number of aryl methyl sites for hydroxylation is 1. The van der Waals surface area contributed by atoms with Crippen LogP contribution < -0.4 is 14.5 Å². The number of halogens is 1. The van der Waals surface area contributed by atoms with Gasteiger partial charge in [-0.3, -0.25) is 0 Å². The van der Waals surface area contributed by atoms with E-state index in [4.69, 9.17) is 9.47 Å².